The number of aliphatic carboxylic acids is 2. The van der Waals surface area contributed by atoms with Gasteiger partial charge in [0, 0.05) is 6.42 Å². The van der Waals surface area contributed by atoms with E-state index < -0.39 is 44.0 Å². The fourth-order valence-corrected chi connectivity index (χ4v) is 4.30. The summed E-state index contributed by atoms with van der Waals surface area (Å²) in [5, 5.41) is 31.6. The maximum absolute atomic E-state index is 12.3. The molecule has 2 aromatic rings. The fourth-order valence-electron chi connectivity index (χ4n) is 3.09. The monoisotopic (exact) mass is 407 g/mol. The maximum Gasteiger partial charge on any atom is 0.307 e. The Labute approximate surface area is 162 Å². The number of hydrogen-bond donors (Lipinski definition) is 5. The van der Waals surface area contributed by atoms with Crippen molar-refractivity contribution in [1.29, 1.82) is 0 Å². The van der Waals surface area contributed by atoms with Gasteiger partial charge in [-0.15, -0.1) is 0 Å². The third-order valence-corrected chi connectivity index (χ3v) is 5.74. The van der Waals surface area contributed by atoms with E-state index in [9.17, 15) is 29.3 Å². The summed E-state index contributed by atoms with van der Waals surface area (Å²) in [7, 11) is -3.41. The molecule has 0 spiro atoms. The number of aromatic hydroxyl groups is 1. The molecule has 0 radical (unpaired) electrons. The molecule has 9 heteroatoms. The van der Waals surface area contributed by atoms with Crippen molar-refractivity contribution in [3.63, 3.8) is 0 Å². The number of phenols is 1. The van der Waals surface area contributed by atoms with Crippen molar-refractivity contribution in [1.82, 2.24) is 0 Å². The van der Waals surface area contributed by atoms with Crippen LogP contribution < -0.4 is 5.32 Å². The summed E-state index contributed by atoms with van der Waals surface area (Å²) in [5.74, 6) is -4.00. The highest BCUT2D eigenvalue weighted by molar-refractivity contribution is 7.39. The van der Waals surface area contributed by atoms with Crippen LogP contribution in [0.1, 0.15) is 24.4 Å². The van der Waals surface area contributed by atoms with Gasteiger partial charge >= 0.3 is 11.9 Å². The number of nitrogens with one attached hydrogen (secondary N) is 1. The molecule has 0 heterocycles. The zero-order valence-electron chi connectivity index (χ0n) is 14.9. The summed E-state index contributed by atoms with van der Waals surface area (Å²) in [6.45, 7) is 0. The Morgan fingerprint density at radius 2 is 1.61 bits per heavy atom. The number of carboxylic acid groups (broad SMARTS) is 2. The second-order valence-corrected chi connectivity index (χ2v) is 7.63. The minimum atomic E-state index is -3.41. The van der Waals surface area contributed by atoms with Gasteiger partial charge < -0.3 is 25.5 Å². The van der Waals surface area contributed by atoms with E-state index in [1.165, 1.54) is 6.07 Å². The zero-order chi connectivity index (χ0) is 20.7. The zero-order valence-corrected chi connectivity index (χ0v) is 15.9. The molecule has 0 fully saturated rings. The molecule has 0 saturated carbocycles. The van der Waals surface area contributed by atoms with E-state index in [2.05, 4.69) is 5.32 Å². The Balaban J connectivity index is 2.49. The molecule has 2 rings (SSSR count). The second kappa shape index (κ2) is 9.92. The quantitative estimate of drug-likeness (QED) is 0.299. The van der Waals surface area contributed by atoms with Crippen molar-refractivity contribution >= 4 is 25.7 Å². The number of phenolic OH excluding ortho intramolecular Hbond substituents is 1. The number of rotatable bonds is 10. The number of para-hydroxylation sites is 2. The van der Waals surface area contributed by atoms with Gasteiger partial charge in [-0.25, -0.2) is 0 Å². The summed E-state index contributed by atoms with van der Waals surface area (Å²) in [4.78, 5) is 32.7. The second-order valence-electron chi connectivity index (χ2n) is 6.29. The molecule has 0 amide bonds. The number of benzene rings is 2. The van der Waals surface area contributed by atoms with E-state index in [0.29, 0.717) is 5.56 Å². The first kappa shape index (κ1) is 21.5. The van der Waals surface area contributed by atoms with E-state index in [1.54, 1.807) is 48.5 Å². The van der Waals surface area contributed by atoms with Gasteiger partial charge in [-0.3, -0.25) is 14.2 Å². The molecule has 0 aliphatic rings. The number of anilines is 1. The van der Waals surface area contributed by atoms with Gasteiger partial charge in [0.1, 0.15) is 5.75 Å². The molecule has 28 heavy (non-hydrogen) atoms. The van der Waals surface area contributed by atoms with Gasteiger partial charge in [-0.05, 0) is 24.1 Å². The number of carbonyl (C=O) groups is 2. The Bertz CT molecular complexity index is 843. The normalized spacial score (nSPS) is 15.2. The smallest absolute Gasteiger partial charge is 0.307 e. The summed E-state index contributed by atoms with van der Waals surface area (Å²) >= 11 is 0. The largest absolute Gasteiger partial charge is 0.506 e. The van der Waals surface area contributed by atoms with Gasteiger partial charge in [0.2, 0.25) is 0 Å². The highest BCUT2D eigenvalue weighted by atomic mass is 31.1. The highest BCUT2D eigenvalue weighted by Crippen LogP contribution is 2.43. The van der Waals surface area contributed by atoms with Crippen LogP contribution >= 0.6 is 8.03 Å². The van der Waals surface area contributed by atoms with Crippen LogP contribution in [0, 0.1) is 5.92 Å². The molecule has 150 valence electrons. The first-order valence-corrected chi connectivity index (χ1v) is 10.0. The van der Waals surface area contributed by atoms with E-state index in [0.717, 1.165) is 0 Å². The number of carboxylic acids is 2. The molecule has 0 aromatic heterocycles. The minimum Gasteiger partial charge on any atom is -0.506 e. The van der Waals surface area contributed by atoms with Crippen LogP contribution in [0.25, 0.3) is 0 Å². The Hall–Kier alpha value is -2.83. The molecule has 2 aromatic carbocycles. The Morgan fingerprint density at radius 1 is 1.00 bits per heavy atom. The van der Waals surface area contributed by atoms with Gasteiger partial charge in [0.25, 0.3) is 0 Å². The van der Waals surface area contributed by atoms with Crippen LogP contribution in [0.4, 0.5) is 5.69 Å². The molecule has 0 saturated heterocycles. The predicted octanol–water partition coefficient (Wildman–Crippen LogP) is 2.95. The fraction of sp³-hybridized carbons (Fsp3) is 0.263. The third-order valence-electron chi connectivity index (χ3n) is 4.44. The van der Waals surface area contributed by atoms with Crippen molar-refractivity contribution in [2.45, 2.75) is 24.5 Å². The summed E-state index contributed by atoms with van der Waals surface area (Å²) in [6, 6.07) is 13.8. The van der Waals surface area contributed by atoms with Gasteiger partial charge in [-0.2, -0.15) is 0 Å². The molecule has 0 aliphatic carbocycles. The minimum absolute atomic E-state index is 0.0998. The average Bonchev–Trinajstić information content (AvgIpc) is 2.65. The SMILES string of the molecule is O=C(O)CCC(C(=O)O)C(C(Nc1ccccc1O)c1ccccc1)[PH](=O)O. The molecular weight excluding hydrogens is 385 g/mol. The standard InChI is InChI=1S/C19H22NO7P/c21-15-9-5-4-8-14(15)20-17(12-6-2-1-3-7-12)18(28(26)27)13(19(24)25)10-11-16(22)23/h1-9,13,17-18,20-21,28H,10-11H2,(H,22,23)(H,24,25)(H,26,27). The lowest BCUT2D eigenvalue weighted by molar-refractivity contribution is -0.143. The van der Waals surface area contributed by atoms with Crippen LogP contribution in [0.15, 0.2) is 54.6 Å². The van der Waals surface area contributed by atoms with Gasteiger partial charge in [0.05, 0.1) is 23.3 Å². The average molecular weight is 407 g/mol. The highest BCUT2D eigenvalue weighted by Gasteiger charge is 2.39. The molecule has 0 bridgehead atoms. The van der Waals surface area contributed by atoms with Crippen LogP contribution in [0.5, 0.6) is 5.75 Å². The lowest BCUT2D eigenvalue weighted by Gasteiger charge is -2.31. The topological polar surface area (TPSA) is 144 Å². The molecule has 0 aliphatic heterocycles. The van der Waals surface area contributed by atoms with Crippen LogP contribution in [-0.2, 0) is 14.2 Å². The lowest BCUT2D eigenvalue weighted by Crippen LogP contribution is -2.35. The molecule has 4 atom stereocenters. The van der Waals surface area contributed by atoms with Crippen molar-refractivity contribution < 1.29 is 34.4 Å². The van der Waals surface area contributed by atoms with E-state index in [1.807, 2.05) is 0 Å². The molecule has 4 unspecified atom stereocenters. The molecule has 8 nitrogen and oxygen atoms in total. The van der Waals surface area contributed by atoms with E-state index in [4.69, 9.17) is 5.11 Å². The molecule has 5 N–H and O–H groups in total. The first-order valence-electron chi connectivity index (χ1n) is 8.58. The lowest BCUT2D eigenvalue weighted by atomic mass is 9.90. The van der Waals surface area contributed by atoms with Crippen molar-refractivity contribution in [3.8, 4) is 5.75 Å². The van der Waals surface area contributed by atoms with Crippen molar-refractivity contribution in [2.24, 2.45) is 5.92 Å². The van der Waals surface area contributed by atoms with Crippen LogP contribution in [0.2, 0.25) is 0 Å². The van der Waals surface area contributed by atoms with E-state index in [-0.39, 0.29) is 17.9 Å². The summed E-state index contributed by atoms with van der Waals surface area (Å²) in [5.41, 5.74) is -0.472. The molecular formula is C19H22NO7P. The third kappa shape index (κ3) is 5.58. The maximum atomic E-state index is 12.3. The van der Waals surface area contributed by atoms with Crippen molar-refractivity contribution in [2.75, 3.05) is 5.32 Å². The summed E-state index contributed by atoms with van der Waals surface area (Å²) < 4.78 is 12.3. The summed E-state index contributed by atoms with van der Waals surface area (Å²) in [6.07, 6.45) is -0.737. The van der Waals surface area contributed by atoms with Gasteiger partial charge in [-0.1, -0.05) is 42.5 Å². The van der Waals surface area contributed by atoms with Crippen LogP contribution in [0.3, 0.4) is 0 Å². The van der Waals surface area contributed by atoms with Crippen LogP contribution in [-0.4, -0.2) is 37.8 Å². The first-order chi connectivity index (χ1) is 13.3. The van der Waals surface area contributed by atoms with Crippen molar-refractivity contribution in [3.05, 3.63) is 60.2 Å². The van der Waals surface area contributed by atoms with Gasteiger partial charge in [0.15, 0.2) is 8.03 Å². The van der Waals surface area contributed by atoms with E-state index >= 15 is 0 Å². The Morgan fingerprint density at radius 3 is 2.14 bits per heavy atom. The predicted molar refractivity (Wildman–Crippen MR) is 104 cm³/mol. The Kier molecular flexibility index (Phi) is 7.61. The number of hydrogen-bond acceptors (Lipinski definition) is 5.